The summed E-state index contributed by atoms with van der Waals surface area (Å²) in [4.78, 5) is 11.2. The highest BCUT2D eigenvalue weighted by atomic mass is 19.2. The van der Waals surface area contributed by atoms with E-state index in [2.05, 4.69) is 5.32 Å². The summed E-state index contributed by atoms with van der Waals surface area (Å²) >= 11 is 0. The Bertz CT molecular complexity index is 500. The Kier molecular flexibility index (Phi) is 3.00. The van der Waals surface area contributed by atoms with Crippen LogP contribution in [0.3, 0.4) is 0 Å². The second-order valence-electron chi connectivity index (χ2n) is 5.24. The van der Waals surface area contributed by atoms with E-state index in [1.165, 1.54) is 19.1 Å². The number of alkyl carbamates (subject to hydrolysis) is 1. The quantitative estimate of drug-likeness (QED) is 0.837. The van der Waals surface area contributed by atoms with E-state index in [1.807, 2.05) is 13.8 Å². The minimum atomic E-state index is -0.907. The summed E-state index contributed by atoms with van der Waals surface area (Å²) < 4.78 is 32.4. The fourth-order valence-electron chi connectivity index (χ4n) is 2.07. The number of rotatable bonds is 1. The lowest BCUT2D eigenvalue weighted by Gasteiger charge is -2.38. The van der Waals surface area contributed by atoms with E-state index < -0.39 is 29.2 Å². The fraction of sp³-hybridized carbons (Fsp3) is 0.462. The van der Waals surface area contributed by atoms with Crippen molar-refractivity contribution < 1.29 is 18.3 Å². The summed E-state index contributed by atoms with van der Waals surface area (Å²) in [5, 5.41) is 2.54. The third kappa shape index (κ3) is 2.05. The van der Waals surface area contributed by atoms with E-state index in [0.29, 0.717) is 0 Å². The Morgan fingerprint density at radius 3 is 2.67 bits per heavy atom. The molecular weight excluding hydrogens is 240 g/mol. The van der Waals surface area contributed by atoms with Crippen LogP contribution in [0.25, 0.3) is 0 Å². The molecule has 0 radical (unpaired) electrons. The van der Waals surface area contributed by atoms with Crippen molar-refractivity contribution in [1.82, 2.24) is 5.32 Å². The minimum absolute atomic E-state index is 0.153. The normalized spacial score (nSPS) is 22.3. The van der Waals surface area contributed by atoms with Crippen molar-refractivity contribution in [3.63, 3.8) is 0 Å². The maximum atomic E-state index is 14.0. The summed E-state index contributed by atoms with van der Waals surface area (Å²) in [6.45, 7) is 5.32. The van der Waals surface area contributed by atoms with Crippen LogP contribution in [0.15, 0.2) is 12.1 Å². The number of benzene rings is 1. The van der Waals surface area contributed by atoms with Gasteiger partial charge in [-0.2, -0.15) is 0 Å². The molecule has 5 heteroatoms. The highest BCUT2D eigenvalue weighted by molar-refractivity contribution is 5.69. The Balaban J connectivity index is 2.47. The zero-order chi connectivity index (χ0) is 13.5. The van der Waals surface area contributed by atoms with Gasteiger partial charge in [0.15, 0.2) is 11.6 Å². The number of ether oxygens (including phenoxy) is 1. The van der Waals surface area contributed by atoms with Crippen LogP contribution in [0.2, 0.25) is 0 Å². The molecule has 0 spiro atoms. The van der Waals surface area contributed by atoms with Gasteiger partial charge in [0.25, 0.3) is 0 Å². The third-order valence-corrected chi connectivity index (χ3v) is 3.24. The zero-order valence-electron chi connectivity index (χ0n) is 10.5. The number of hydrogen-bond acceptors (Lipinski definition) is 2. The number of carbonyl (C=O) groups is 1. The molecule has 1 saturated heterocycles. The average molecular weight is 255 g/mol. The van der Waals surface area contributed by atoms with Crippen molar-refractivity contribution in [2.45, 2.75) is 26.8 Å². The molecular formula is C13H15F2NO2. The molecule has 1 aliphatic heterocycles. The molecule has 1 aromatic rings. The summed E-state index contributed by atoms with van der Waals surface area (Å²) in [6, 6.07) is 2.41. The van der Waals surface area contributed by atoms with Crippen LogP contribution >= 0.6 is 0 Å². The van der Waals surface area contributed by atoms with Gasteiger partial charge < -0.3 is 10.1 Å². The fourth-order valence-corrected chi connectivity index (χ4v) is 2.07. The summed E-state index contributed by atoms with van der Waals surface area (Å²) in [5.41, 5.74) is -0.108. The first-order valence-corrected chi connectivity index (χ1v) is 5.71. The van der Waals surface area contributed by atoms with Gasteiger partial charge in [0.1, 0.15) is 6.61 Å². The van der Waals surface area contributed by atoms with E-state index >= 15 is 0 Å². The summed E-state index contributed by atoms with van der Waals surface area (Å²) in [6.07, 6.45) is -0.611. The second-order valence-corrected chi connectivity index (χ2v) is 5.24. The van der Waals surface area contributed by atoms with Crippen LogP contribution < -0.4 is 5.32 Å². The van der Waals surface area contributed by atoms with Crippen LogP contribution in [-0.4, -0.2) is 12.7 Å². The molecule has 1 amide bonds. The molecule has 3 nitrogen and oxygen atoms in total. The van der Waals surface area contributed by atoms with Crippen LogP contribution in [0.1, 0.15) is 31.0 Å². The Morgan fingerprint density at radius 2 is 2.00 bits per heavy atom. The molecule has 0 aliphatic carbocycles. The molecule has 98 valence electrons. The van der Waals surface area contributed by atoms with E-state index in [0.717, 1.165) is 0 Å². The molecule has 1 heterocycles. The highest BCUT2D eigenvalue weighted by Gasteiger charge is 2.39. The standard InChI is InChI=1S/C13H15F2NO2/c1-7-4-5-8(10(15)9(7)14)11-13(2,3)6-18-12(17)16-11/h4-5,11H,6H2,1-3H3,(H,16,17)/t11-/m1/s1. The van der Waals surface area contributed by atoms with Crippen LogP contribution in [0.5, 0.6) is 0 Å². The smallest absolute Gasteiger partial charge is 0.407 e. The number of cyclic esters (lactones) is 1. The van der Waals surface area contributed by atoms with Gasteiger partial charge in [-0.15, -0.1) is 0 Å². The number of amides is 1. The predicted octanol–water partition coefficient (Wildman–Crippen LogP) is 3.08. The van der Waals surface area contributed by atoms with Crippen LogP contribution in [-0.2, 0) is 4.74 Å². The Morgan fingerprint density at radius 1 is 1.33 bits per heavy atom. The summed E-state index contributed by atoms with van der Waals surface area (Å²) in [7, 11) is 0. The van der Waals surface area contributed by atoms with Gasteiger partial charge in [0.2, 0.25) is 0 Å². The summed E-state index contributed by atoms with van der Waals surface area (Å²) in [5.74, 6) is -1.78. The van der Waals surface area contributed by atoms with Gasteiger partial charge >= 0.3 is 6.09 Å². The maximum absolute atomic E-state index is 14.0. The molecule has 18 heavy (non-hydrogen) atoms. The van der Waals surface area contributed by atoms with E-state index in [4.69, 9.17) is 4.74 Å². The third-order valence-electron chi connectivity index (χ3n) is 3.24. The largest absolute Gasteiger partial charge is 0.449 e. The van der Waals surface area contributed by atoms with Gasteiger partial charge in [-0.3, -0.25) is 0 Å². The lowest BCUT2D eigenvalue weighted by atomic mass is 9.80. The van der Waals surface area contributed by atoms with E-state index in [1.54, 1.807) is 0 Å². The molecule has 1 atom stereocenters. The van der Waals surface area contributed by atoms with Crippen molar-refractivity contribution in [2.75, 3.05) is 6.61 Å². The Labute approximate surface area is 104 Å². The highest BCUT2D eigenvalue weighted by Crippen LogP contribution is 2.38. The molecule has 1 aromatic carbocycles. The minimum Gasteiger partial charge on any atom is -0.449 e. The molecule has 1 fully saturated rings. The van der Waals surface area contributed by atoms with Gasteiger partial charge in [0, 0.05) is 11.0 Å². The lowest BCUT2D eigenvalue weighted by molar-refractivity contribution is 0.0376. The Hall–Kier alpha value is -1.65. The van der Waals surface area contributed by atoms with Crippen molar-refractivity contribution in [1.29, 1.82) is 0 Å². The number of aryl methyl sites for hydroxylation is 1. The van der Waals surface area contributed by atoms with Crippen molar-refractivity contribution in [3.05, 3.63) is 34.9 Å². The average Bonchev–Trinajstić information content (AvgIpc) is 2.30. The molecule has 2 rings (SSSR count). The number of nitrogens with one attached hydrogen (secondary N) is 1. The van der Waals surface area contributed by atoms with Gasteiger partial charge in [-0.1, -0.05) is 26.0 Å². The monoisotopic (exact) mass is 255 g/mol. The molecule has 0 aromatic heterocycles. The molecule has 1 N–H and O–H groups in total. The van der Waals surface area contributed by atoms with Gasteiger partial charge in [0.05, 0.1) is 6.04 Å². The van der Waals surface area contributed by atoms with E-state index in [9.17, 15) is 13.6 Å². The first-order chi connectivity index (χ1) is 8.33. The zero-order valence-corrected chi connectivity index (χ0v) is 10.5. The van der Waals surface area contributed by atoms with Crippen molar-refractivity contribution in [3.8, 4) is 0 Å². The number of hydrogen-bond donors (Lipinski definition) is 1. The predicted molar refractivity (Wildman–Crippen MR) is 62.1 cm³/mol. The van der Waals surface area contributed by atoms with Crippen LogP contribution in [0, 0.1) is 24.0 Å². The van der Waals surface area contributed by atoms with Gasteiger partial charge in [-0.05, 0) is 12.5 Å². The number of carbonyl (C=O) groups excluding carboxylic acids is 1. The SMILES string of the molecule is Cc1ccc([C@H]2NC(=O)OCC2(C)C)c(F)c1F. The van der Waals surface area contributed by atoms with Crippen molar-refractivity contribution in [2.24, 2.45) is 5.41 Å². The molecule has 0 saturated carbocycles. The second kappa shape index (κ2) is 4.23. The first kappa shape index (κ1) is 12.8. The molecule has 1 aliphatic rings. The molecule has 0 bridgehead atoms. The van der Waals surface area contributed by atoms with Crippen molar-refractivity contribution >= 4 is 6.09 Å². The lowest BCUT2D eigenvalue weighted by Crippen LogP contribution is -2.47. The molecule has 0 unspecified atom stereocenters. The maximum Gasteiger partial charge on any atom is 0.407 e. The van der Waals surface area contributed by atoms with Crippen LogP contribution in [0.4, 0.5) is 13.6 Å². The van der Waals surface area contributed by atoms with E-state index in [-0.39, 0.29) is 17.7 Å². The first-order valence-electron chi connectivity index (χ1n) is 5.71. The number of halogens is 2. The van der Waals surface area contributed by atoms with Gasteiger partial charge in [-0.25, -0.2) is 13.6 Å². The topological polar surface area (TPSA) is 38.3 Å².